The Morgan fingerprint density at radius 3 is 2.56 bits per heavy atom. The van der Waals surface area contributed by atoms with E-state index in [-0.39, 0.29) is 12.5 Å². The molecule has 1 heterocycles. The summed E-state index contributed by atoms with van der Waals surface area (Å²) < 4.78 is 18.1. The van der Waals surface area contributed by atoms with Crippen LogP contribution in [0.4, 0.5) is 9.18 Å². The Hall–Kier alpha value is -1.59. The number of halogens is 1. The smallest absolute Gasteiger partial charge is 0.410 e. The number of amides is 1. The second kappa shape index (κ2) is 5.37. The lowest BCUT2D eigenvalue weighted by Gasteiger charge is -2.24. The maximum absolute atomic E-state index is 12.9. The maximum atomic E-state index is 12.9. The lowest BCUT2D eigenvalue weighted by Crippen LogP contribution is -2.35. The summed E-state index contributed by atoms with van der Waals surface area (Å²) in [6.07, 6.45) is 1.14. The highest BCUT2D eigenvalue weighted by atomic mass is 19.1. The van der Waals surface area contributed by atoms with Crippen molar-refractivity contribution >= 4 is 12.1 Å². The van der Waals surface area contributed by atoms with Crippen molar-refractivity contribution in [3.8, 4) is 0 Å². The van der Waals surface area contributed by atoms with Gasteiger partial charge < -0.3 is 14.7 Å². The van der Waals surface area contributed by atoms with Crippen LogP contribution in [0.15, 0.2) is 11.9 Å². The van der Waals surface area contributed by atoms with E-state index >= 15 is 0 Å². The van der Waals surface area contributed by atoms with Crippen LogP contribution in [-0.4, -0.2) is 40.8 Å². The average Bonchev–Trinajstić information content (AvgIpc) is 2.63. The van der Waals surface area contributed by atoms with Gasteiger partial charge in [0, 0.05) is 13.1 Å². The van der Waals surface area contributed by atoms with E-state index in [2.05, 4.69) is 0 Å². The molecule has 6 heteroatoms. The van der Waals surface area contributed by atoms with Crippen molar-refractivity contribution < 1.29 is 23.8 Å². The van der Waals surface area contributed by atoms with E-state index < -0.39 is 23.5 Å². The van der Waals surface area contributed by atoms with E-state index in [4.69, 9.17) is 9.84 Å². The first-order valence-electron chi connectivity index (χ1n) is 5.77. The highest BCUT2D eigenvalue weighted by Crippen LogP contribution is 2.21. The summed E-state index contributed by atoms with van der Waals surface area (Å²) in [4.78, 5) is 23.5. The van der Waals surface area contributed by atoms with Gasteiger partial charge in [-0.15, -0.1) is 0 Å². The highest BCUT2D eigenvalue weighted by molar-refractivity contribution is 5.83. The van der Waals surface area contributed by atoms with Crippen LogP contribution in [0, 0.1) is 5.92 Å². The largest absolute Gasteiger partial charge is 0.476 e. The van der Waals surface area contributed by atoms with Crippen LogP contribution in [0.3, 0.4) is 0 Å². The highest BCUT2D eigenvalue weighted by Gasteiger charge is 2.29. The SMILES string of the molecule is CC(C)(C)OC(=O)N1CCC(/C=C(\F)C(=O)O)C1. The van der Waals surface area contributed by atoms with Crippen molar-refractivity contribution in [2.45, 2.75) is 32.8 Å². The maximum Gasteiger partial charge on any atom is 0.410 e. The summed E-state index contributed by atoms with van der Waals surface area (Å²) in [7, 11) is 0. The fourth-order valence-corrected chi connectivity index (χ4v) is 1.69. The number of nitrogens with zero attached hydrogens (tertiary/aromatic N) is 1. The number of carbonyl (C=O) groups is 2. The first-order chi connectivity index (χ1) is 8.19. The number of hydrogen-bond donors (Lipinski definition) is 1. The molecule has 1 saturated heterocycles. The van der Waals surface area contributed by atoms with E-state index in [9.17, 15) is 14.0 Å². The summed E-state index contributed by atoms with van der Waals surface area (Å²) in [5, 5.41) is 8.42. The molecule has 1 aliphatic heterocycles. The third-order valence-corrected chi connectivity index (χ3v) is 2.46. The van der Waals surface area contributed by atoms with Crippen LogP contribution in [-0.2, 0) is 9.53 Å². The number of hydrogen-bond acceptors (Lipinski definition) is 3. The van der Waals surface area contributed by atoms with Crippen LogP contribution in [0.25, 0.3) is 0 Å². The van der Waals surface area contributed by atoms with Crippen LogP contribution in [0.5, 0.6) is 0 Å². The number of carboxylic acids is 1. The minimum Gasteiger partial charge on any atom is -0.476 e. The number of carboxylic acid groups (broad SMARTS) is 1. The summed E-state index contributed by atoms with van der Waals surface area (Å²) in [6, 6.07) is 0. The molecule has 1 atom stereocenters. The van der Waals surface area contributed by atoms with Crippen molar-refractivity contribution in [3.05, 3.63) is 11.9 Å². The van der Waals surface area contributed by atoms with Gasteiger partial charge >= 0.3 is 12.1 Å². The fraction of sp³-hybridized carbons (Fsp3) is 0.667. The van der Waals surface area contributed by atoms with Gasteiger partial charge in [-0.25, -0.2) is 9.59 Å². The van der Waals surface area contributed by atoms with Crippen LogP contribution in [0.2, 0.25) is 0 Å². The summed E-state index contributed by atoms with van der Waals surface area (Å²) in [5.41, 5.74) is -0.572. The Bertz CT molecular complexity index is 373. The molecule has 18 heavy (non-hydrogen) atoms. The Morgan fingerprint density at radius 2 is 2.06 bits per heavy atom. The Kier molecular flexibility index (Phi) is 4.32. The molecular weight excluding hydrogens is 241 g/mol. The molecule has 0 bridgehead atoms. The van der Waals surface area contributed by atoms with Gasteiger partial charge in [0.15, 0.2) is 0 Å². The molecule has 1 amide bonds. The molecule has 1 fully saturated rings. The van der Waals surface area contributed by atoms with E-state index in [1.807, 2.05) is 0 Å². The molecule has 0 radical (unpaired) electrons. The average molecular weight is 259 g/mol. The molecule has 0 aromatic rings. The third-order valence-electron chi connectivity index (χ3n) is 2.46. The van der Waals surface area contributed by atoms with Crippen LogP contribution < -0.4 is 0 Å². The van der Waals surface area contributed by atoms with Crippen molar-refractivity contribution in [2.24, 2.45) is 5.92 Å². The monoisotopic (exact) mass is 259 g/mol. The van der Waals surface area contributed by atoms with Crippen molar-refractivity contribution in [2.75, 3.05) is 13.1 Å². The zero-order valence-corrected chi connectivity index (χ0v) is 10.8. The van der Waals surface area contributed by atoms with Gasteiger partial charge in [0.25, 0.3) is 0 Å². The van der Waals surface area contributed by atoms with Crippen LogP contribution >= 0.6 is 0 Å². The van der Waals surface area contributed by atoms with Gasteiger partial charge in [-0.3, -0.25) is 0 Å². The number of ether oxygens (including phenoxy) is 1. The minimum absolute atomic E-state index is 0.270. The molecule has 102 valence electrons. The summed E-state index contributed by atoms with van der Waals surface area (Å²) >= 11 is 0. The van der Waals surface area contributed by atoms with Crippen molar-refractivity contribution in [3.63, 3.8) is 0 Å². The lowest BCUT2D eigenvalue weighted by atomic mass is 10.1. The van der Waals surface area contributed by atoms with E-state index in [1.165, 1.54) is 4.90 Å². The molecule has 1 rings (SSSR count). The normalized spacial score (nSPS) is 21.0. The predicted octanol–water partition coefficient (Wildman–Crippen LogP) is 2.18. The van der Waals surface area contributed by atoms with Crippen molar-refractivity contribution in [1.29, 1.82) is 0 Å². The predicted molar refractivity (Wildman–Crippen MR) is 62.7 cm³/mol. The Balaban J connectivity index is 2.54. The topological polar surface area (TPSA) is 66.8 Å². The Labute approximate surface area is 105 Å². The van der Waals surface area contributed by atoms with Gasteiger partial charge in [0.2, 0.25) is 5.83 Å². The van der Waals surface area contributed by atoms with Crippen molar-refractivity contribution in [1.82, 2.24) is 4.90 Å². The van der Waals surface area contributed by atoms with E-state index in [0.29, 0.717) is 13.0 Å². The lowest BCUT2D eigenvalue weighted by molar-refractivity contribution is -0.134. The van der Waals surface area contributed by atoms with Gasteiger partial charge in [-0.2, -0.15) is 4.39 Å². The Morgan fingerprint density at radius 1 is 1.44 bits per heavy atom. The quantitative estimate of drug-likeness (QED) is 0.772. The number of aliphatic carboxylic acids is 1. The standard InChI is InChI=1S/C12H18FNO4/c1-12(2,3)18-11(17)14-5-4-8(7-14)6-9(13)10(15)16/h6,8H,4-5,7H2,1-3H3,(H,15,16)/b9-6-. The molecule has 1 unspecified atom stereocenters. The number of carbonyl (C=O) groups excluding carboxylic acids is 1. The summed E-state index contributed by atoms with van der Waals surface area (Å²) in [6.45, 7) is 6.03. The van der Waals surface area contributed by atoms with Gasteiger partial charge in [0.1, 0.15) is 5.60 Å². The first kappa shape index (κ1) is 14.5. The van der Waals surface area contributed by atoms with E-state index in [0.717, 1.165) is 6.08 Å². The second-order valence-corrected chi connectivity index (χ2v) is 5.29. The molecule has 0 saturated carbocycles. The third kappa shape index (κ3) is 4.35. The molecule has 1 aliphatic rings. The zero-order chi connectivity index (χ0) is 13.9. The zero-order valence-electron chi connectivity index (χ0n) is 10.8. The molecule has 5 nitrogen and oxygen atoms in total. The van der Waals surface area contributed by atoms with Gasteiger partial charge in [0.05, 0.1) is 0 Å². The van der Waals surface area contributed by atoms with Gasteiger partial charge in [-0.1, -0.05) is 0 Å². The summed E-state index contributed by atoms with van der Waals surface area (Å²) in [5.74, 6) is -3.02. The molecule has 1 N–H and O–H groups in total. The molecule has 0 aromatic heterocycles. The fourth-order valence-electron chi connectivity index (χ4n) is 1.69. The molecule has 0 aromatic carbocycles. The molecule has 0 spiro atoms. The van der Waals surface area contributed by atoms with E-state index in [1.54, 1.807) is 20.8 Å². The number of likely N-dealkylation sites (tertiary alicyclic amines) is 1. The molecular formula is C12H18FNO4. The van der Waals surface area contributed by atoms with Gasteiger partial charge in [-0.05, 0) is 39.2 Å². The molecule has 0 aliphatic carbocycles. The minimum atomic E-state index is -1.58. The second-order valence-electron chi connectivity index (χ2n) is 5.29. The van der Waals surface area contributed by atoms with Crippen LogP contribution in [0.1, 0.15) is 27.2 Å². The first-order valence-corrected chi connectivity index (χ1v) is 5.77. The number of rotatable bonds is 2.